The van der Waals surface area contributed by atoms with Crippen molar-refractivity contribution in [2.75, 3.05) is 6.61 Å². The Hall–Kier alpha value is 0.0600. The van der Waals surface area contributed by atoms with Gasteiger partial charge >= 0.3 is 0 Å². The van der Waals surface area contributed by atoms with Crippen molar-refractivity contribution in [1.82, 2.24) is 0 Å². The fraction of sp³-hybridized carbons (Fsp3) is 0.667. The summed E-state index contributed by atoms with van der Waals surface area (Å²) in [5.41, 5.74) is 0. The lowest BCUT2D eigenvalue weighted by atomic mass is 10.9. The van der Waals surface area contributed by atoms with E-state index in [-0.39, 0.29) is 8.46 Å². The van der Waals surface area contributed by atoms with Gasteiger partial charge in [0, 0.05) is 6.61 Å². The van der Waals surface area contributed by atoms with E-state index in [0.717, 1.165) is 0 Å². The van der Waals surface area contributed by atoms with Gasteiger partial charge in [-0.2, -0.15) is 0 Å². The van der Waals surface area contributed by atoms with Crippen LogP contribution in [0.15, 0.2) is 0 Å². The van der Waals surface area contributed by atoms with Crippen LogP contribution in [0, 0.1) is 6.35 Å². The molecule has 0 atom stereocenters. The fourth-order valence-electron chi connectivity index (χ4n) is 0.105. The Morgan fingerprint density at radius 1 is 2.00 bits per heavy atom. The molecule has 0 bridgehead atoms. The first-order chi connectivity index (χ1) is 2.91. The molecule has 0 aromatic carbocycles. The molecule has 2 nitrogen and oxygen atoms in total. The molecule has 0 fully saturated rings. The van der Waals surface area contributed by atoms with E-state index in [2.05, 4.69) is 4.74 Å². The predicted octanol–water partition coefficient (Wildman–Crippen LogP) is 1.43. The molecule has 0 unspecified atom stereocenters. The maximum Gasteiger partial charge on any atom is 0.191 e. The molecule has 0 rings (SSSR count). The molecule has 0 aromatic heterocycles. The Labute approximate surface area is 38.7 Å². The Morgan fingerprint density at radius 2 is 2.67 bits per heavy atom. The Kier molecular flexibility index (Phi) is 5.11. The summed E-state index contributed by atoms with van der Waals surface area (Å²) in [7, 11) is -0.0518. The van der Waals surface area contributed by atoms with E-state index in [1.807, 2.05) is 6.92 Å². The van der Waals surface area contributed by atoms with E-state index >= 15 is 0 Å². The molecule has 0 amide bonds. The monoisotopic (exact) mass is 105 g/mol. The molecule has 0 aliphatic carbocycles. The average molecular weight is 105 g/mol. The lowest BCUT2D eigenvalue weighted by Gasteiger charge is -1.83. The van der Waals surface area contributed by atoms with Crippen molar-refractivity contribution in [2.24, 2.45) is 0 Å². The van der Waals surface area contributed by atoms with Crippen LogP contribution in [0.5, 0.6) is 0 Å². The van der Waals surface area contributed by atoms with Gasteiger partial charge in [-0.25, -0.2) is 0 Å². The van der Waals surface area contributed by atoms with E-state index in [1.165, 1.54) is 6.35 Å². The first kappa shape index (κ1) is 6.06. The molecule has 0 saturated carbocycles. The van der Waals surface area contributed by atoms with Crippen molar-refractivity contribution < 1.29 is 9.30 Å². The number of hydrogen-bond acceptors (Lipinski definition) is 2. The van der Waals surface area contributed by atoms with Crippen molar-refractivity contribution in [3.63, 3.8) is 0 Å². The molecule has 0 N–H and O–H groups in total. The van der Waals surface area contributed by atoms with Crippen LogP contribution in [0.2, 0.25) is 0 Å². The molecule has 0 heterocycles. The van der Waals surface area contributed by atoms with Crippen LogP contribution in [0.4, 0.5) is 0 Å². The zero-order valence-electron chi connectivity index (χ0n) is 3.55. The molecule has 0 saturated heterocycles. The van der Waals surface area contributed by atoms with Crippen LogP contribution < -0.4 is 0 Å². The van der Waals surface area contributed by atoms with Crippen LogP contribution in [-0.2, 0) is 9.30 Å². The molecule has 6 heavy (non-hydrogen) atoms. The van der Waals surface area contributed by atoms with E-state index in [9.17, 15) is 4.57 Å². The van der Waals surface area contributed by atoms with Gasteiger partial charge < -0.3 is 4.74 Å². The molecule has 0 aromatic rings. The maximum atomic E-state index is 9.48. The van der Waals surface area contributed by atoms with Crippen molar-refractivity contribution in [2.45, 2.75) is 6.92 Å². The van der Waals surface area contributed by atoms with E-state index in [0.29, 0.717) is 6.61 Å². The SMILES string of the molecule is CCO[CH]P=O. The molecule has 0 aliphatic heterocycles. The summed E-state index contributed by atoms with van der Waals surface area (Å²) in [6.45, 7) is 2.43. The van der Waals surface area contributed by atoms with Crippen LogP contribution in [0.3, 0.4) is 0 Å². The van der Waals surface area contributed by atoms with Crippen molar-refractivity contribution >= 4 is 8.46 Å². The Morgan fingerprint density at radius 3 is 2.83 bits per heavy atom. The van der Waals surface area contributed by atoms with Crippen LogP contribution in [0.25, 0.3) is 0 Å². The van der Waals surface area contributed by atoms with Gasteiger partial charge in [0.2, 0.25) is 0 Å². The van der Waals surface area contributed by atoms with Gasteiger partial charge in [0.25, 0.3) is 0 Å². The third kappa shape index (κ3) is 4.06. The number of ether oxygens (including phenoxy) is 1. The lowest BCUT2D eigenvalue weighted by Crippen LogP contribution is -1.75. The zero-order valence-corrected chi connectivity index (χ0v) is 4.44. The van der Waals surface area contributed by atoms with Crippen molar-refractivity contribution in [3.05, 3.63) is 6.35 Å². The highest BCUT2D eigenvalue weighted by Gasteiger charge is 1.75. The summed E-state index contributed by atoms with van der Waals surface area (Å²) in [4.78, 5) is 0. The quantitative estimate of drug-likeness (QED) is 0.401. The summed E-state index contributed by atoms with van der Waals surface area (Å²) < 4.78 is 14.0. The minimum absolute atomic E-state index is 0.0518. The normalized spacial score (nSPS) is 9.50. The highest BCUT2D eigenvalue weighted by atomic mass is 31.1. The van der Waals surface area contributed by atoms with Crippen molar-refractivity contribution in [3.8, 4) is 0 Å². The molecular formula is C3H6O2P. The second-order valence-electron chi connectivity index (χ2n) is 0.666. The third-order valence-corrected chi connectivity index (χ3v) is 0.519. The van der Waals surface area contributed by atoms with Crippen molar-refractivity contribution in [1.29, 1.82) is 0 Å². The summed E-state index contributed by atoms with van der Waals surface area (Å²) in [5.74, 6) is 0. The maximum absolute atomic E-state index is 9.48. The molecule has 35 valence electrons. The van der Waals surface area contributed by atoms with Gasteiger partial charge in [-0.05, 0) is 6.92 Å². The highest BCUT2D eigenvalue weighted by Crippen LogP contribution is 1.96. The first-order valence-electron chi connectivity index (χ1n) is 1.67. The van der Waals surface area contributed by atoms with Crippen LogP contribution in [0.1, 0.15) is 6.92 Å². The van der Waals surface area contributed by atoms with Gasteiger partial charge in [-0.1, -0.05) is 0 Å². The highest BCUT2D eigenvalue weighted by molar-refractivity contribution is 7.26. The topological polar surface area (TPSA) is 26.3 Å². The zero-order chi connectivity index (χ0) is 4.83. The second kappa shape index (κ2) is 5.06. The van der Waals surface area contributed by atoms with Gasteiger partial charge in [0.1, 0.15) is 0 Å². The molecule has 0 aliphatic rings. The van der Waals surface area contributed by atoms with Gasteiger partial charge in [-0.3, -0.25) is 4.57 Å². The van der Waals surface area contributed by atoms with Gasteiger partial charge in [0.05, 0.1) is 0 Å². The van der Waals surface area contributed by atoms with Crippen LogP contribution >= 0.6 is 8.46 Å². The third-order valence-electron chi connectivity index (χ3n) is 0.284. The first-order valence-corrected chi connectivity index (χ1v) is 2.55. The van der Waals surface area contributed by atoms with E-state index < -0.39 is 0 Å². The number of hydrogen-bond donors (Lipinski definition) is 0. The minimum Gasteiger partial charge on any atom is -0.363 e. The number of rotatable bonds is 3. The second-order valence-corrected chi connectivity index (χ2v) is 1.09. The molecule has 0 spiro atoms. The summed E-state index contributed by atoms with van der Waals surface area (Å²) in [6.07, 6.45) is 1.22. The largest absolute Gasteiger partial charge is 0.363 e. The summed E-state index contributed by atoms with van der Waals surface area (Å²) in [6, 6.07) is 0. The average Bonchev–Trinajstić information content (AvgIpc) is 1.61. The van der Waals surface area contributed by atoms with E-state index in [1.54, 1.807) is 0 Å². The Balaban J connectivity index is 2.49. The lowest BCUT2D eigenvalue weighted by molar-refractivity contribution is 0.246. The summed E-state index contributed by atoms with van der Waals surface area (Å²) in [5, 5.41) is 0. The van der Waals surface area contributed by atoms with Gasteiger partial charge in [-0.15, -0.1) is 0 Å². The molecular weight excluding hydrogens is 99.0 g/mol. The van der Waals surface area contributed by atoms with Gasteiger partial charge in [0.15, 0.2) is 14.8 Å². The van der Waals surface area contributed by atoms with Crippen LogP contribution in [-0.4, -0.2) is 6.61 Å². The minimum atomic E-state index is -0.0518. The predicted molar refractivity (Wildman–Crippen MR) is 23.5 cm³/mol. The standard InChI is InChI=1S/C3H6O2P/c1-2-5-3-6-4/h3H,2H2,1H3. The fourth-order valence-corrected chi connectivity index (χ4v) is 0.315. The smallest absolute Gasteiger partial charge is 0.191 e. The molecule has 3 heteroatoms. The van der Waals surface area contributed by atoms with E-state index in [4.69, 9.17) is 0 Å². The Bertz CT molecular complexity index is 37.8. The molecule has 1 radical (unpaired) electrons. The summed E-state index contributed by atoms with van der Waals surface area (Å²) >= 11 is 0.